The Morgan fingerprint density at radius 3 is 2.48 bits per heavy atom. The first kappa shape index (κ1) is 21.0. The molecule has 0 aliphatic heterocycles. The fraction of sp³-hybridized carbons (Fsp3) is 0.421. The maximum absolute atomic E-state index is 11.8. The van der Waals surface area contributed by atoms with Gasteiger partial charge in [0, 0.05) is 6.54 Å². The van der Waals surface area contributed by atoms with Crippen LogP contribution in [0.2, 0.25) is 0 Å². The molecule has 148 valence electrons. The van der Waals surface area contributed by atoms with Crippen LogP contribution in [0.15, 0.2) is 36.4 Å². The number of hydrogen-bond acceptors (Lipinski definition) is 5. The highest BCUT2D eigenvalue weighted by Gasteiger charge is 2.14. The van der Waals surface area contributed by atoms with Crippen molar-refractivity contribution in [3.8, 4) is 5.75 Å². The van der Waals surface area contributed by atoms with E-state index in [1.54, 1.807) is 13.8 Å². The number of hydrogen-bond donors (Lipinski definition) is 2. The van der Waals surface area contributed by atoms with Gasteiger partial charge in [-0.25, -0.2) is 17.9 Å². The zero-order valence-corrected chi connectivity index (χ0v) is 16.6. The normalized spacial score (nSPS) is 11.6. The number of sulfonamides is 1. The molecule has 8 heteroatoms. The van der Waals surface area contributed by atoms with E-state index in [1.165, 1.54) is 7.11 Å². The van der Waals surface area contributed by atoms with E-state index in [-0.39, 0.29) is 0 Å². The van der Waals surface area contributed by atoms with Crippen LogP contribution in [0.3, 0.4) is 0 Å². The highest BCUT2D eigenvalue weighted by molar-refractivity contribution is 7.90. The summed E-state index contributed by atoms with van der Waals surface area (Å²) in [7, 11) is -1.92. The van der Waals surface area contributed by atoms with Crippen molar-refractivity contribution in [2.24, 2.45) is 0 Å². The second-order valence-electron chi connectivity index (χ2n) is 6.35. The molecular formula is C19H26N2O5S. The predicted molar refractivity (Wildman–Crippen MR) is 106 cm³/mol. The molecule has 0 saturated heterocycles. The van der Waals surface area contributed by atoms with Crippen molar-refractivity contribution in [2.75, 3.05) is 26.8 Å². The highest BCUT2D eigenvalue weighted by Crippen LogP contribution is 2.22. The standard InChI is InChI=1S/C19H26N2O5S/c1-14(2)27(23,24)21-9-8-15-4-5-17-13-18(7-6-16(17)12-15)26-11-10-20-19(22)25-3/h4-7,12-14,21H,8-11H2,1-3H3,(H,20,22). The molecule has 0 unspecified atom stereocenters. The number of alkyl carbamates (subject to hydrolysis) is 1. The van der Waals surface area contributed by atoms with E-state index in [1.807, 2.05) is 36.4 Å². The van der Waals surface area contributed by atoms with Gasteiger partial charge in [0.25, 0.3) is 0 Å². The zero-order valence-electron chi connectivity index (χ0n) is 15.8. The van der Waals surface area contributed by atoms with E-state index >= 15 is 0 Å². The molecule has 0 radical (unpaired) electrons. The summed E-state index contributed by atoms with van der Waals surface area (Å²) in [4.78, 5) is 11.0. The summed E-state index contributed by atoms with van der Waals surface area (Å²) in [5.74, 6) is 0.714. The topological polar surface area (TPSA) is 93.7 Å². The zero-order chi connectivity index (χ0) is 19.9. The van der Waals surface area contributed by atoms with Gasteiger partial charge in [-0.15, -0.1) is 0 Å². The number of carbonyl (C=O) groups excluding carboxylic acids is 1. The van der Waals surface area contributed by atoms with E-state index in [0.717, 1.165) is 16.3 Å². The van der Waals surface area contributed by atoms with Crippen LogP contribution in [0, 0.1) is 0 Å². The van der Waals surface area contributed by atoms with Crippen molar-refractivity contribution < 1.29 is 22.7 Å². The van der Waals surface area contributed by atoms with Gasteiger partial charge in [-0.05, 0) is 48.7 Å². The molecule has 0 aromatic heterocycles. The summed E-state index contributed by atoms with van der Waals surface area (Å²) in [6.07, 6.45) is 0.139. The molecule has 0 aliphatic carbocycles. The van der Waals surface area contributed by atoms with Crippen molar-refractivity contribution in [2.45, 2.75) is 25.5 Å². The Hall–Kier alpha value is -2.32. The average molecular weight is 394 g/mol. The minimum Gasteiger partial charge on any atom is -0.492 e. The average Bonchev–Trinajstić information content (AvgIpc) is 2.64. The fourth-order valence-electron chi connectivity index (χ4n) is 2.42. The summed E-state index contributed by atoms with van der Waals surface area (Å²) in [5, 5.41) is 4.20. The molecule has 2 N–H and O–H groups in total. The lowest BCUT2D eigenvalue weighted by Crippen LogP contribution is -2.32. The van der Waals surface area contributed by atoms with E-state index in [0.29, 0.717) is 31.9 Å². The third kappa shape index (κ3) is 6.41. The second-order valence-corrected chi connectivity index (χ2v) is 8.67. The van der Waals surface area contributed by atoms with Crippen molar-refractivity contribution in [3.05, 3.63) is 42.0 Å². The molecule has 2 aromatic carbocycles. The Morgan fingerprint density at radius 2 is 1.78 bits per heavy atom. The molecule has 2 aromatic rings. The first-order chi connectivity index (χ1) is 12.8. The van der Waals surface area contributed by atoms with Crippen LogP contribution in [0.5, 0.6) is 5.75 Å². The minimum absolute atomic E-state index is 0.342. The van der Waals surface area contributed by atoms with Gasteiger partial charge in [0.05, 0.1) is 18.9 Å². The summed E-state index contributed by atoms with van der Waals surface area (Å²) in [6.45, 7) is 4.39. The van der Waals surface area contributed by atoms with Gasteiger partial charge in [0.2, 0.25) is 10.0 Å². The van der Waals surface area contributed by atoms with Crippen LogP contribution >= 0.6 is 0 Å². The van der Waals surface area contributed by atoms with Gasteiger partial charge in [-0.1, -0.05) is 24.3 Å². The van der Waals surface area contributed by atoms with E-state index in [4.69, 9.17) is 4.74 Å². The summed E-state index contributed by atoms with van der Waals surface area (Å²) in [6, 6.07) is 11.8. The van der Waals surface area contributed by atoms with Crippen LogP contribution < -0.4 is 14.8 Å². The van der Waals surface area contributed by atoms with E-state index in [9.17, 15) is 13.2 Å². The molecule has 27 heavy (non-hydrogen) atoms. The minimum atomic E-state index is -3.24. The van der Waals surface area contributed by atoms with Crippen molar-refractivity contribution in [3.63, 3.8) is 0 Å². The Labute approximate surface area is 160 Å². The smallest absolute Gasteiger partial charge is 0.406 e. The van der Waals surface area contributed by atoms with Crippen molar-refractivity contribution in [1.82, 2.24) is 10.0 Å². The van der Waals surface area contributed by atoms with E-state index in [2.05, 4.69) is 14.8 Å². The quantitative estimate of drug-likeness (QED) is 0.637. The molecule has 0 fully saturated rings. The number of carbonyl (C=O) groups is 1. The highest BCUT2D eigenvalue weighted by atomic mass is 32.2. The van der Waals surface area contributed by atoms with E-state index < -0.39 is 21.4 Å². The third-order valence-corrected chi connectivity index (χ3v) is 5.89. The van der Waals surface area contributed by atoms with Gasteiger partial charge in [0.1, 0.15) is 12.4 Å². The Morgan fingerprint density at radius 1 is 1.07 bits per heavy atom. The maximum atomic E-state index is 11.8. The Bertz CT molecular complexity index is 881. The number of rotatable bonds is 9. The molecule has 0 atom stereocenters. The largest absolute Gasteiger partial charge is 0.492 e. The molecule has 0 spiro atoms. The lowest BCUT2D eigenvalue weighted by atomic mass is 10.0. The van der Waals surface area contributed by atoms with Gasteiger partial charge in [0.15, 0.2) is 0 Å². The molecular weight excluding hydrogens is 368 g/mol. The van der Waals surface area contributed by atoms with Crippen molar-refractivity contribution in [1.29, 1.82) is 0 Å². The van der Waals surface area contributed by atoms with Gasteiger partial charge >= 0.3 is 6.09 Å². The van der Waals surface area contributed by atoms with Crippen molar-refractivity contribution >= 4 is 26.9 Å². The van der Waals surface area contributed by atoms with Crippen LogP contribution in [0.25, 0.3) is 10.8 Å². The molecule has 0 saturated carbocycles. The first-order valence-electron chi connectivity index (χ1n) is 8.77. The number of ether oxygens (including phenoxy) is 2. The number of methoxy groups -OCH3 is 1. The molecule has 7 nitrogen and oxygen atoms in total. The number of nitrogens with one attached hydrogen (secondary N) is 2. The van der Waals surface area contributed by atoms with Crippen LogP contribution in [0.4, 0.5) is 4.79 Å². The first-order valence-corrected chi connectivity index (χ1v) is 10.3. The lowest BCUT2D eigenvalue weighted by Gasteiger charge is -2.10. The van der Waals surface area contributed by atoms with Gasteiger partial charge in [-0.3, -0.25) is 0 Å². The van der Waals surface area contributed by atoms with Gasteiger partial charge < -0.3 is 14.8 Å². The molecule has 1 amide bonds. The van der Waals surface area contributed by atoms with Crippen LogP contribution in [0.1, 0.15) is 19.4 Å². The van der Waals surface area contributed by atoms with Crippen LogP contribution in [-0.4, -0.2) is 46.6 Å². The number of amides is 1. The molecule has 0 heterocycles. The fourth-order valence-corrected chi connectivity index (χ4v) is 3.14. The number of benzene rings is 2. The summed E-state index contributed by atoms with van der Waals surface area (Å²) in [5.41, 5.74) is 1.06. The monoisotopic (exact) mass is 394 g/mol. The SMILES string of the molecule is COC(=O)NCCOc1ccc2cc(CCNS(=O)(=O)C(C)C)ccc2c1. The van der Waals surface area contributed by atoms with Gasteiger partial charge in [-0.2, -0.15) is 0 Å². The molecule has 0 aliphatic rings. The Kier molecular flexibility index (Phi) is 7.44. The van der Waals surface area contributed by atoms with Crippen LogP contribution in [-0.2, 0) is 21.2 Å². The summed E-state index contributed by atoms with van der Waals surface area (Å²) < 4.78 is 36.3. The maximum Gasteiger partial charge on any atom is 0.406 e. The Balaban J connectivity index is 1.91. The molecule has 0 bridgehead atoms. The number of fused-ring (bicyclic) bond motifs is 1. The second kappa shape index (κ2) is 9.57. The predicted octanol–water partition coefficient (Wildman–Crippen LogP) is 2.44. The molecule has 2 rings (SSSR count). The summed E-state index contributed by atoms with van der Waals surface area (Å²) >= 11 is 0. The third-order valence-electron chi connectivity index (χ3n) is 4.04. The lowest BCUT2D eigenvalue weighted by molar-refractivity contribution is 0.168.